The molecule has 260 valence electrons. The Balaban J connectivity index is 1.16. The van der Waals surface area contributed by atoms with Gasteiger partial charge in [-0.25, -0.2) is 14.2 Å². The van der Waals surface area contributed by atoms with Gasteiger partial charge in [0.1, 0.15) is 41.6 Å². The molecule has 0 spiro atoms. The topological polar surface area (TPSA) is 201 Å². The number of carbonyl (C=O) groups excluding carboxylic acids is 2. The number of nitrogens with zero attached hydrogens (tertiary/aromatic N) is 6. The molecule has 1 aromatic carbocycles. The number of aliphatic carboxylic acids is 1. The van der Waals surface area contributed by atoms with E-state index in [-0.39, 0.29) is 47.1 Å². The van der Waals surface area contributed by atoms with Gasteiger partial charge in [0, 0.05) is 28.5 Å². The number of β-lactam (4-membered cyclic amide) rings is 1. The number of hydrogen-bond donors (Lipinski definition) is 4. The average Bonchev–Trinajstić information content (AvgIpc) is 3.68. The zero-order valence-electron chi connectivity index (χ0n) is 27.1. The van der Waals surface area contributed by atoms with E-state index in [0.29, 0.717) is 33.9 Å². The number of fused-ring (bicyclic) bond motifs is 1. The molecule has 2 fully saturated rings. The first-order valence-electron chi connectivity index (χ1n) is 15.6. The molecule has 0 unspecified atom stereocenters. The van der Waals surface area contributed by atoms with Crippen LogP contribution in [0.2, 0.25) is 0 Å². The van der Waals surface area contributed by atoms with Gasteiger partial charge in [0.15, 0.2) is 10.8 Å². The number of benzene rings is 1. The number of aromatic nitrogens is 1. The second kappa shape index (κ2) is 14.7. The van der Waals surface area contributed by atoms with Gasteiger partial charge in [-0.05, 0) is 43.6 Å². The summed E-state index contributed by atoms with van der Waals surface area (Å²) >= 11 is 2.43. The number of nitrogen functional groups attached to an aromatic ring is 1. The van der Waals surface area contributed by atoms with E-state index in [9.17, 15) is 19.5 Å². The minimum absolute atomic E-state index is 0.00140. The number of carbonyl (C=O) groups is 3. The number of nitrogens with one attached hydrogen (secondary N) is 1. The van der Waals surface area contributed by atoms with Crippen LogP contribution in [0.1, 0.15) is 36.6 Å². The van der Waals surface area contributed by atoms with Crippen molar-refractivity contribution in [2.24, 2.45) is 20.9 Å². The zero-order chi connectivity index (χ0) is 35.5. The van der Waals surface area contributed by atoms with Gasteiger partial charge in [0.25, 0.3) is 11.8 Å². The minimum atomic E-state index is -1.28. The molecule has 1 aliphatic carbocycles. The predicted molar refractivity (Wildman–Crippen MR) is 190 cm³/mol. The molecule has 4 heterocycles. The lowest BCUT2D eigenvalue weighted by Crippen LogP contribution is -2.71. The van der Waals surface area contributed by atoms with E-state index in [4.69, 9.17) is 21.3 Å². The van der Waals surface area contributed by atoms with Crippen LogP contribution in [0.4, 0.5) is 9.52 Å². The van der Waals surface area contributed by atoms with Gasteiger partial charge in [0.05, 0.1) is 30.5 Å². The van der Waals surface area contributed by atoms with Crippen LogP contribution < -0.4 is 16.8 Å². The normalized spacial score (nSPS) is 22.5. The van der Waals surface area contributed by atoms with Gasteiger partial charge in [-0.3, -0.25) is 24.5 Å². The van der Waals surface area contributed by atoms with Gasteiger partial charge in [-0.2, -0.15) is 0 Å². The number of carboxylic acids is 1. The Morgan fingerprint density at radius 2 is 2.10 bits per heavy atom. The third-order valence-corrected chi connectivity index (χ3v) is 10.1. The second-order valence-corrected chi connectivity index (χ2v) is 13.6. The van der Waals surface area contributed by atoms with Gasteiger partial charge in [-0.1, -0.05) is 29.4 Å². The van der Waals surface area contributed by atoms with Crippen LogP contribution in [-0.2, 0) is 25.8 Å². The number of carboxylic acid groups (broad SMARTS) is 1. The number of thiazole rings is 1. The van der Waals surface area contributed by atoms with Gasteiger partial charge in [0.2, 0.25) is 0 Å². The number of allylic oxidation sites excluding steroid dienone is 4. The first-order valence-corrected chi connectivity index (χ1v) is 17.5. The summed E-state index contributed by atoms with van der Waals surface area (Å²) in [6.45, 7) is 2.08. The average molecular weight is 720 g/mol. The number of nitrogens with two attached hydrogens (primary N) is 2. The van der Waals surface area contributed by atoms with E-state index in [0.717, 1.165) is 24.2 Å². The fourth-order valence-electron chi connectivity index (χ4n) is 5.49. The Morgan fingerprint density at radius 3 is 2.76 bits per heavy atom. The molecule has 50 heavy (non-hydrogen) atoms. The summed E-state index contributed by atoms with van der Waals surface area (Å²) in [5.74, 6) is -2.40. The molecule has 1 aromatic heterocycles. The maximum Gasteiger partial charge on any atom is 0.352 e. The number of thioether (sulfide) groups is 1. The van der Waals surface area contributed by atoms with Crippen LogP contribution >= 0.6 is 23.1 Å². The van der Waals surface area contributed by atoms with Crippen molar-refractivity contribution in [1.82, 2.24) is 20.1 Å². The molecule has 2 amide bonds. The van der Waals surface area contributed by atoms with Crippen molar-refractivity contribution in [3.05, 3.63) is 93.7 Å². The number of anilines is 1. The number of aliphatic imine (C=N–C) groups is 2. The number of amides is 2. The molecule has 0 radical (unpaired) electrons. The summed E-state index contributed by atoms with van der Waals surface area (Å²) in [4.78, 5) is 59.8. The number of amidine groups is 1. The van der Waals surface area contributed by atoms with Crippen molar-refractivity contribution in [3.63, 3.8) is 0 Å². The SMILES string of the molecule is C/C=C\C=C1C(=NCC2=C(C(=O)O)N3C(=O)[C@@H](NC(=O)/C(=N\OC)c4csc(N)n4)[C@H]3SC2)C=CN1Cc1ccc(C(N)=NC2CC2)cc1F. The van der Waals surface area contributed by atoms with Crippen molar-refractivity contribution >= 4 is 63.3 Å². The van der Waals surface area contributed by atoms with E-state index in [1.165, 1.54) is 35.2 Å². The molecular weight excluding hydrogens is 686 g/mol. The number of oxime groups is 1. The fourth-order valence-corrected chi connectivity index (χ4v) is 7.38. The molecule has 2 atom stereocenters. The van der Waals surface area contributed by atoms with Crippen LogP contribution in [0.25, 0.3) is 0 Å². The monoisotopic (exact) mass is 719 g/mol. The third-order valence-electron chi connectivity index (χ3n) is 8.13. The highest BCUT2D eigenvalue weighted by molar-refractivity contribution is 8.00. The fraction of sp³-hybridized carbons (Fsp3) is 0.303. The Hall–Kier alpha value is -5.29. The Labute approximate surface area is 294 Å². The van der Waals surface area contributed by atoms with Crippen molar-refractivity contribution in [2.75, 3.05) is 25.1 Å². The number of hydrogen-bond acceptors (Lipinski definition) is 12. The molecule has 6 N–H and O–H groups in total. The molecule has 17 heteroatoms. The van der Waals surface area contributed by atoms with Crippen LogP contribution in [0.15, 0.2) is 86.2 Å². The predicted octanol–water partition coefficient (Wildman–Crippen LogP) is 2.75. The Morgan fingerprint density at radius 1 is 1.30 bits per heavy atom. The molecule has 1 saturated heterocycles. The summed E-state index contributed by atoms with van der Waals surface area (Å²) < 4.78 is 15.2. The lowest BCUT2D eigenvalue weighted by atomic mass is 10.0. The smallest absolute Gasteiger partial charge is 0.352 e. The maximum atomic E-state index is 15.2. The number of rotatable bonds is 12. The largest absolute Gasteiger partial charge is 0.477 e. The first kappa shape index (κ1) is 34.6. The summed E-state index contributed by atoms with van der Waals surface area (Å²) in [6.07, 6.45) is 11.1. The Bertz CT molecular complexity index is 1950. The molecule has 3 aliphatic heterocycles. The minimum Gasteiger partial charge on any atom is -0.477 e. The van der Waals surface area contributed by atoms with Crippen molar-refractivity contribution < 1.29 is 28.7 Å². The van der Waals surface area contributed by atoms with Crippen LogP contribution in [0.3, 0.4) is 0 Å². The van der Waals surface area contributed by atoms with Gasteiger partial charge >= 0.3 is 5.97 Å². The van der Waals surface area contributed by atoms with Crippen LogP contribution in [0, 0.1) is 5.82 Å². The van der Waals surface area contributed by atoms with Gasteiger partial charge in [-0.15, -0.1) is 23.1 Å². The molecule has 14 nitrogen and oxygen atoms in total. The van der Waals surface area contributed by atoms with E-state index < -0.39 is 35.0 Å². The standard InChI is InChI=1S/C33H34FN9O5S2/c1-3-4-5-24-22(10-11-42(24)14-18-7-6-17(12-21(18)34)28(35)38-20-8-9-20)37-13-19-15-49-31-26(30(45)43(31)27(19)32(46)47)40-29(44)25(41-48-2)23-16-50-33(36)39-23/h3-7,10-12,16,20,26,31H,8-9,13-15H2,1-2H3,(H2,35,38)(H2,36,39)(H,40,44)(H,46,47)/b4-3-,24-5?,37-22?,41-25-/t26-,31-/m1/s1. The highest BCUT2D eigenvalue weighted by atomic mass is 32.2. The van der Waals surface area contributed by atoms with Crippen LogP contribution in [-0.4, -0.2) is 91.8 Å². The van der Waals surface area contributed by atoms with Crippen molar-refractivity contribution in [1.29, 1.82) is 0 Å². The lowest BCUT2D eigenvalue weighted by Gasteiger charge is -2.49. The summed E-state index contributed by atoms with van der Waals surface area (Å²) in [5.41, 5.74) is 14.3. The number of halogens is 1. The summed E-state index contributed by atoms with van der Waals surface area (Å²) in [7, 11) is 1.27. The van der Waals surface area contributed by atoms with E-state index in [2.05, 4.69) is 20.4 Å². The highest BCUT2D eigenvalue weighted by Gasteiger charge is 2.54. The van der Waals surface area contributed by atoms with Crippen LogP contribution in [0.5, 0.6) is 0 Å². The third kappa shape index (κ3) is 7.18. The Kier molecular flexibility index (Phi) is 10.1. The molecule has 1 saturated carbocycles. The molecule has 0 bridgehead atoms. The summed E-state index contributed by atoms with van der Waals surface area (Å²) in [6, 6.07) is 4.07. The first-order chi connectivity index (χ1) is 24.1. The van der Waals surface area contributed by atoms with E-state index in [1.54, 1.807) is 24.4 Å². The quantitative estimate of drug-likeness (QED) is 0.109. The van der Waals surface area contributed by atoms with E-state index in [1.807, 2.05) is 30.1 Å². The summed E-state index contributed by atoms with van der Waals surface area (Å²) in [5, 5.41) is 17.7. The molecule has 4 aliphatic rings. The van der Waals surface area contributed by atoms with Crippen molar-refractivity contribution in [3.8, 4) is 0 Å². The molecular formula is C33H34FN9O5S2. The maximum absolute atomic E-state index is 15.2. The van der Waals surface area contributed by atoms with Crippen molar-refractivity contribution in [2.45, 2.75) is 43.8 Å². The zero-order valence-corrected chi connectivity index (χ0v) is 28.7. The van der Waals surface area contributed by atoms with Gasteiger partial charge < -0.3 is 31.6 Å². The second-order valence-electron chi connectivity index (χ2n) is 11.6. The molecule has 6 rings (SSSR count). The highest BCUT2D eigenvalue weighted by Crippen LogP contribution is 2.40. The van der Waals surface area contributed by atoms with E-state index >= 15 is 4.39 Å². The lowest BCUT2D eigenvalue weighted by molar-refractivity contribution is -0.150. The molecule has 2 aromatic rings.